The van der Waals surface area contributed by atoms with Gasteiger partial charge in [-0.2, -0.15) is 5.10 Å². The summed E-state index contributed by atoms with van der Waals surface area (Å²) in [6, 6.07) is 14.0. The normalized spacial score (nSPS) is 11.1. The van der Waals surface area contributed by atoms with Crippen LogP contribution in [0.1, 0.15) is 24.7 Å². The molecule has 150 valence electrons. The highest BCUT2D eigenvalue weighted by atomic mass is 127. The van der Waals surface area contributed by atoms with Crippen LogP contribution in [0.4, 0.5) is 0 Å². The maximum absolute atomic E-state index is 5.39. The molecule has 0 aliphatic heterocycles. The summed E-state index contributed by atoms with van der Waals surface area (Å²) < 4.78 is 7.29. The van der Waals surface area contributed by atoms with Crippen LogP contribution in [-0.4, -0.2) is 40.8 Å². The minimum atomic E-state index is 0. The molecule has 0 saturated carbocycles. The lowest BCUT2D eigenvalue weighted by molar-refractivity contribution is 0.468. The smallest absolute Gasteiger partial charge is 0.193 e. The molecule has 2 aromatic heterocycles. The number of hydrogen-bond donors (Lipinski definition) is 1. The van der Waals surface area contributed by atoms with E-state index in [2.05, 4.69) is 28.4 Å². The Balaban J connectivity index is 0.00000280. The van der Waals surface area contributed by atoms with Gasteiger partial charge in [-0.3, -0.25) is 4.99 Å². The highest BCUT2D eigenvalue weighted by Gasteiger charge is 2.09. The lowest BCUT2D eigenvalue weighted by Gasteiger charge is -2.22. The van der Waals surface area contributed by atoms with Crippen molar-refractivity contribution >= 4 is 29.9 Å². The van der Waals surface area contributed by atoms with Crippen molar-refractivity contribution in [2.75, 3.05) is 20.1 Å². The van der Waals surface area contributed by atoms with E-state index in [0.717, 1.165) is 55.4 Å². The van der Waals surface area contributed by atoms with Gasteiger partial charge in [0.1, 0.15) is 5.76 Å². The minimum absolute atomic E-state index is 0. The Kier molecular flexibility index (Phi) is 9.06. The standard InChI is InChI=1S/C21H27N5O.HI/c1-3-12-22-21(23-13-11-20-10-7-14-27-20)25(2)16-18-15-24-26(17-18)19-8-5-4-6-9-19;/h4-10,14-15,17H,3,11-13,16H2,1-2H3,(H,22,23);1H. The predicted molar refractivity (Wildman–Crippen MR) is 123 cm³/mol. The molecular weight excluding hydrogens is 465 g/mol. The van der Waals surface area contributed by atoms with Gasteiger partial charge in [-0.05, 0) is 30.7 Å². The molecule has 0 unspecified atom stereocenters. The molecule has 0 saturated heterocycles. The average Bonchev–Trinajstić information content (AvgIpc) is 3.37. The van der Waals surface area contributed by atoms with Crippen molar-refractivity contribution in [3.8, 4) is 5.69 Å². The first kappa shape index (κ1) is 22.0. The van der Waals surface area contributed by atoms with Crippen LogP contribution in [0.25, 0.3) is 5.69 Å². The molecule has 0 atom stereocenters. The summed E-state index contributed by atoms with van der Waals surface area (Å²) in [5, 5.41) is 7.91. The molecule has 1 aromatic carbocycles. The fourth-order valence-electron chi connectivity index (χ4n) is 2.79. The van der Waals surface area contributed by atoms with E-state index in [9.17, 15) is 0 Å². The Morgan fingerprint density at radius 2 is 2.04 bits per heavy atom. The summed E-state index contributed by atoms with van der Waals surface area (Å²) in [4.78, 5) is 6.82. The van der Waals surface area contributed by atoms with Gasteiger partial charge in [0.25, 0.3) is 0 Å². The Hall–Kier alpha value is -2.29. The van der Waals surface area contributed by atoms with Crippen molar-refractivity contribution in [2.45, 2.75) is 26.3 Å². The molecule has 0 spiro atoms. The van der Waals surface area contributed by atoms with Crippen LogP contribution < -0.4 is 5.32 Å². The maximum Gasteiger partial charge on any atom is 0.193 e. The molecule has 0 bridgehead atoms. The first-order valence-electron chi connectivity index (χ1n) is 9.37. The average molecular weight is 493 g/mol. The Morgan fingerprint density at radius 3 is 2.75 bits per heavy atom. The van der Waals surface area contributed by atoms with Crippen LogP contribution in [0, 0.1) is 0 Å². The van der Waals surface area contributed by atoms with Crippen LogP contribution in [-0.2, 0) is 13.0 Å². The summed E-state index contributed by atoms with van der Waals surface area (Å²) >= 11 is 0. The molecule has 0 radical (unpaired) electrons. The summed E-state index contributed by atoms with van der Waals surface area (Å²) in [5.41, 5.74) is 2.20. The molecule has 3 aromatic rings. The largest absolute Gasteiger partial charge is 0.469 e. The van der Waals surface area contributed by atoms with Gasteiger partial charge in [0.2, 0.25) is 0 Å². The quantitative estimate of drug-likeness (QED) is 0.292. The van der Waals surface area contributed by atoms with Crippen molar-refractivity contribution in [3.05, 3.63) is 72.4 Å². The van der Waals surface area contributed by atoms with E-state index in [-0.39, 0.29) is 24.0 Å². The van der Waals surface area contributed by atoms with Crippen molar-refractivity contribution in [1.29, 1.82) is 0 Å². The van der Waals surface area contributed by atoms with Gasteiger partial charge in [0, 0.05) is 44.9 Å². The van der Waals surface area contributed by atoms with Crippen LogP contribution in [0.5, 0.6) is 0 Å². The molecule has 3 rings (SSSR count). The maximum atomic E-state index is 5.39. The number of benzene rings is 1. The third-order valence-corrected chi connectivity index (χ3v) is 4.16. The molecule has 6 nitrogen and oxygen atoms in total. The second-order valence-electron chi connectivity index (χ2n) is 6.45. The van der Waals surface area contributed by atoms with Gasteiger partial charge in [-0.25, -0.2) is 4.68 Å². The molecule has 28 heavy (non-hydrogen) atoms. The monoisotopic (exact) mass is 493 g/mol. The Labute approximate surface area is 183 Å². The number of hydrogen-bond acceptors (Lipinski definition) is 3. The van der Waals surface area contributed by atoms with E-state index in [1.165, 1.54) is 0 Å². The number of furan rings is 1. The zero-order valence-corrected chi connectivity index (χ0v) is 18.7. The zero-order valence-electron chi connectivity index (χ0n) is 16.4. The van der Waals surface area contributed by atoms with E-state index in [1.54, 1.807) is 6.26 Å². The van der Waals surface area contributed by atoms with Crippen molar-refractivity contribution in [2.24, 2.45) is 4.99 Å². The number of aliphatic imine (C=N–C) groups is 1. The predicted octanol–water partition coefficient (Wildman–Crippen LogP) is 4.11. The minimum Gasteiger partial charge on any atom is -0.469 e. The topological polar surface area (TPSA) is 58.6 Å². The molecule has 2 heterocycles. The van der Waals surface area contributed by atoms with Crippen LogP contribution in [0.15, 0.2) is 70.5 Å². The van der Waals surface area contributed by atoms with Gasteiger partial charge in [0.15, 0.2) is 5.96 Å². The number of para-hydroxylation sites is 1. The van der Waals surface area contributed by atoms with Crippen molar-refractivity contribution < 1.29 is 4.42 Å². The van der Waals surface area contributed by atoms with E-state index in [0.29, 0.717) is 0 Å². The summed E-state index contributed by atoms with van der Waals surface area (Å²) in [7, 11) is 2.05. The number of nitrogens with zero attached hydrogens (tertiary/aromatic N) is 4. The van der Waals surface area contributed by atoms with Crippen molar-refractivity contribution in [3.63, 3.8) is 0 Å². The molecule has 7 heteroatoms. The summed E-state index contributed by atoms with van der Waals surface area (Å²) in [6.45, 7) is 4.46. The van der Waals surface area contributed by atoms with Gasteiger partial charge < -0.3 is 14.6 Å². The molecule has 1 N–H and O–H groups in total. The lowest BCUT2D eigenvalue weighted by Crippen LogP contribution is -2.39. The Morgan fingerprint density at radius 1 is 1.21 bits per heavy atom. The fraction of sp³-hybridized carbons (Fsp3) is 0.333. The zero-order chi connectivity index (χ0) is 18.9. The summed E-state index contributed by atoms with van der Waals surface area (Å²) in [5.74, 6) is 1.87. The molecule has 0 aliphatic rings. The highest BCUT2D eigenvalue weighted by molar-refractivity contribution is 14.0. The molecule has 0 fully saturated rings. The van der Waals surface area contributed by atoms with Crippen LogP contribution in [0.2, 0.25) is 0 Å². The second kappa shape index (κ2) is 11.5. The first-order chi connectivity index (χ1) is 13.3. The fourth-order valence-corrected chi connectivity index (χ4v) is 2.79. The molecule has 0 amide bonds. The molecular formula is C21H28IN5O. The van der Waals surface area contributed by atoms with E-state index >= 15 is 0 Å². The summed E-state index contributed by atoms with van der Waals surface area (Å²) in [6.07, 6.45) is 7.52. The van der Waals surface area contributed by atoms with E-state index in [4.69, 9.17) is 9.41 Å². The number of rotatable bonds is 8. The SMILES string of the molecule is CCCN=C(NCCc1ccco1)N(C)Cc1cnn(-c2ccccc2)c1.I. The van der Waals surface area contributed by atoms with Crippen LogP contribution >= 0.6 is 24.0 Å². The van der Waals surface area contributed by atoms with Crippen LogP contribution in [0.3, 0.4) is 0 Å². The number of halogens is 1. The third-order valence-electron chi connectivity index (χ3n) is 4.16. The van der Waals surface area contributed by atoms with Crippen molar-refractivity contribution in [1.82, 2.24) is 20.0 Å². The van der Waals surface area contributed by atoms with Gasteiger partial charge >= 0.3 is 0 Å². The van der Waals surface area contributed by atoms with E-state index < -0.39 is 0 Å². The Bertz CT molecular complexity index is 830. The van der Waals surface area contributed by atoms with Gasteiger partial charge in [0.05, 0.1) is 18.1 Å². The lowest BCUT2D eigenvalue weighted by atomic mass is 10.3. The molecule has 0 aliphatic carbocycles. The van der Waals surface area contributed by atoms with Gasteiger partial charge in [-0.1, -0.05) is 25.1 Å². The highest BCUT2D eigenvalue weighted by Crippen LogP contribution is 2.09. The van der Waals surface area contributed by atoms with E-state index in [1.807, 2.05) is 60.4 Å². The first-order valence-corrected chi connectivity index (χ1v) is 9.37. The third kappa shape index (κ3) is 6.40. The second-order valence-corrected chi connectivity index (χ2v) is 6.45. The number of guanidine groups is 1. The number of nitrogens with one attached hydrogen (secondary N) is 1. The number of aromatic nitrogens is 2. The van der Waals surface area contributed by atoms with Gasteiger partial charge in [-0.15, -0.1) is 24.0 Å².